The van der Waals surface area contributed by atoms with Crippen LogP contribution in [0.25, 0.3) is 0 Å². The van der Waals surface area contributed by atoms with Gasteiger partial charge in [-0.15, -0.1) is 11.6 Å². The number of carbonyl (C=O) groups is 1. The number of carboxylic acids is 1. The lowest BCUT2D eigenvalue weighted by atomic mass is 10.1. The number of aliphatic carboxylic acids is 1. The van der Waals surface area contributed by atoms with E-state index < -0.39 is 5.97 Å². The number of alkyl halides is 1. The molecule has 0 amide bonds. The Bertz CT molecular complexity index is 126. The molecule has 0 fully saturated rings. The molecule has 0 rings (SSSR count). The zero-order valence-corrected chi connectivity index (χ0v) is 8.31. The number of halogens is 1. The average molecular weight is 193 g/mol. The molecule has 72 valence electrons. The van der Waals surface area contributed by atoms with Crippen LogP contribution in [-0.4, -0.2) is 16.5 Å². The summed E-state index contributed by atoms with van der Waals surface area (Å²) in [7, 11) is 0. The summed E-state index contributed by atoms with van der Waals surface area (Å²) in [5, 5.41) is 8.22. The van der Waals surface area contributed by atoms with Gasteiger partial charge in [-0.25, -0.2) is 0 Å². The molecule has 0 bridgehead atoms. The van der Waals surface area contributed by atoms with Crippen LogP contribution in [0.2, 0.25) is 0 Å². The van der Waals surface area contributed by atoms with Crippen LogP contribution >= 0.6 is 11.6 Å². The molecule has 0 heterocycles. The molecule has 3 heteroatoms. The molecule has 0 aliphatic rings. The maximum atomic E-state index is 10.2. The van der Waals surface area contributed by atoms with E-state index in [1.807, 2.05) is 0 Å². The summed E-state index contributed by atoms with van der Waals surface area (Å²) in [6, 6.07) is 0. The molecule has 0 radical (unpaired) electrons. The molecule has 12 heavy (non-hydrogen) atoms. The van der Waals surface area contributed by atoms with Crippen molar-refractivity contribution in [1.82, 2.24) is 0 Å². The Labute approximate surface area is 78.9 Å². The molecular formula is C9H17ClO2. The van der Waals surface area contributed by atoms with Crippen molar-refractivity contribution in [1.29, 1.82) is 0 Å². The zero-order valence-electron chi connectivity index (χ0n) is 7.55. The van der Waals surface area contributed by atoms with Gasteiger partial charge in [0.2, 0.25) is 0 Å². The topological polar surface area (TPSA) is 37.3 Å². The Balaban J connectivity index is 3.19. The van der Waals surface area contributed by atoms with Gasteiger partial charge in [-0.3, -0.25) is 4.79 Å². The van der Waals surface area contributed by atoms with Crippen molar-refractivity contribution in [3.05, 3.63) is 0 Å². The van der Waals surface area contributed by atoms with Gasteiger partial charge in [0, 0.05) is 5.38 Å². The Morgan fingerprint density at radius 2 is 2.08 bits per heavy atom. The van der Waals surface area contributed by atoms with Gasteiger partial charge in [0.15, 0.2) is 0 Å². The van der Waals surface area contributed by atoms with Gasteiger partial charge >= 0.3 is 5.97 Å². The first kappa shape index (κ1) is 11.8. The van der Waals surface area contributed by atoms with Gasteiger partial charge in [0.1, 0.15) is 0 Å². The maximum absolute atomic E-state index is 10.2. The first-order valence-electron chi connectivity index (χ1n) is 4.52. The SMILES string of the molecule is CCCCCCC(Cl)CC(=O)O. The number of rotatable bonds is 7. The monoisotopic (exact) mass is 192 g/mol. The molecule has 1 unspecified atom stereocenters. The zero-order chi connectivity index (χ0) is 9.40. The number of carboxylic acid groups (broad SMARTS) is 1. The molecule has 0 saturated heterocycles. The van der Waals surface area contributed by atoms with E-state index in [4.69, 9.17) is 16.7 Å². The van der Waals surface area contributed by atoms with Crippen molar-refractivity contribution in [2.75, 3.05) is 0 Å². The fraction of sp³-hybridized carbons (Fsp3) is 0.889. The average Bonchev–Trinajstić information content (AvgIpc) is 1.97. The van der Waals surface area contributed by atoms with Gasteiger partial charge in [-0.1, -0.05) is 32.6 Å². The minimum absolute atomic E-state index is 0.0910. The first-order valence-corrected chi connectivity index (χ1v) is 4.96. The van der Waals surface area contributed by atoms with E-state index in [0.717, 1.165) is 12.8 Å². The van der Waals surface area contributed by atoms with Crippen LogP contribution in [0, 0.1) is 0 Å². The second-order valence-corrected chi connectivity index (χ2v) is 3.66. The highest BCUT2D eigenvalue weighted by atomic mass is 35.5. The minimum Gasteiger partial charge on any atom is -0.481 e. The van der Waals surface area contributed by atoms with Crippen molar-refractivity contribution < 1.29 is 9.90 Å². The first-order chi connectivity index (χ1) is 5.66. The molecule has 0 aliphatic carbocycles. The Kier molecular flexibility index (Phi) is 7.26. The van der Waals surface area contributed by atoms with Gasteiger partial charge in [-0.05, 0) is 6.42 Å². The number of hydrogen-bond donors (Lipinski definition) is 1. The molecule has 0 spiro atoms. The normalized spacial score (nSPS) is 12.8. The fourth-order valence-corrected chi connectivity index (χ4v) is 1.37. The number of hydrogen-bond acceptors (Lipinski definition) is 1. The highest BCUT2D eigenvalue weighted by Gasteiger charge is 2.08. The largest absolute Gasteiger partial charge is 0.481 e. The van der Waals surface area contributed by atoms with Gasteiger partial charge < -0.3 is 5.11 Å². The molecule has 0 saturated carbocycles. The van der Waals surface area contributed by atoms with Crippen LogP contribution in [0.15, 0.2) is 0 Å². The summed E-state index contributed by atoms with van der Waals surface area (Å²) in [6.45, 7) is 2.15. The van der Waals surface area contributed by atoms with Crippen LogP contribution in [0.1, 0.15) is 45.4 Å². The Morgan fingerprint density at radius 3 is 2.58 bits per heavy atom. The van der Waals surface area contributed by atoms with Gasteiger partial charge in [0.05, 0.1) is 6.42 Å². The third kappa shape index (κ3) is 7.86. The van der Waals surface area contributed by atoms with Crippen molar-refractivity contribution >= 4 is 17.6 Å². The molecule has 0 aromatic rings. The smallest absolute Gasteiger partial charge is 0.304 e. The van der Waals surface area contributed by atoms with E-state index in [1.54, 1.807) is 0 Å². The standard InChI is InChI=1S/C9H17ClO2/c1-2-3-4-5-6-8(10)7-9(11)12/h8H,2-7H2,1H3,(H,11,12). The Morgan fingerprint density at radius 1 is 1.42 bits per heavy atom. The molecule has 0 aromatic heterocycles. The lowest BCUT2D eigenvalue weighted by Gasteiger charge is -2.04. The van der Waals surface area contributed by atoms with Gasteiger partial charge in [0.25, 0.3) is 0 Å². The quantitative estimate of drug-likeness (QED) is 0.497. The lowest BCUT2D eigenvalue weighted by Crippen LogP contribution is -2.06. The molecule has 2 nitrogen and oxygen atoms in total. The maximum Gasteiger partial charge on any atom is 0.304 e. The van der Waals surface area contributed by atoms with Crippen LogP contribution < -0.4 is 0 Å². The summed E-state index contributed by atoms with van der Waals surface area (Å²) >= 11 is 5.77. The summed E-state index contributed by atoms with van der Waals surface area (Å²) < 4.78 is 0. The third-order valence-corrected chi connectivity index (χ3v) is 2.14. The summed E-state index contributed by atoms with van der Waals surface area (Å²) in [5.74, 6) is -0.800. The molecular weight excluding hydrogens is 176 g/mol. The second-order valence-electron chi connectivity index (χ2n) is 3.04. The van der Waals surface area contributed by atoms with E-state index in [1.165, 1.54) is 19.3 Å². The lowest BCUT2D eigenvalue weighted by molar-refractivity contribution is -0.137. The van der Waals surface area contributed by atoms with E-state index in [9.17, 15) is 4.79 Å². The molecule has 1 N–H and O–H groups in total. The number of unbranched alkanes of at least 4 members (excludes halogenated alkanes) is 3. The highest BCUT2D eigenvalue weighted by Crippen LogP contribution is 2.12. The second kappa shape index (κ2) is 7.41. The minimum atomic E-state index is -0.800. The predicted octanol–water partition coefficient (Wildman–Crippen LogP) is 3.04. The van der Waals surface area contributed by atoms with E-state index in [0.29, 0.717) is 0 Å². The summed E-state index contributed by atoms with van der Waals surface area (Å²) in [4.78, 5) is 10.2. The van der Waals surface area contributed by atoms with E-state index in [-0.39, 0.29) is 11.8 Å². The molecule has 0 aliphatic heterocycles. The van der Waals surface area contributed by atoms with Crippen LogP contribution in [0.3, 0.4) is 0 Å². The molecule has 0 aromatic carbocycles. The van der Waals surface area contributed by atoms with Crippen molar-refractivity contribution in [2.24, 2.45) is 0 Å². The van der Waals surface area contributed by atoms with Crippen LogP contribution in [-0.2, 0) is 4.79 Å². The summed E-state index contributed by atoms with van der Waals surface area (Å²) in [6.07, 6.45) is 5.55. The highest BCUT2D eigenvalue weighted by molar-refractivity contribution is 6.21. The third-order valence-electron chi connectivity index (χ3n) is 1.77. The van der Waals surface area contributed by atoms with E-state index >= 15 is 0 Å². The van der Waals surface area contributed by atoms with Crippen LogP contribution in [0.5, 0.6) is 0 Å². The van der Waals surface area contributed by atoms with Crippen LogP contribution in [0.4, 0.5) is 0 Å². The van der Waals surface area contributed by atoms with E-state index in [2.05, 4.69) is 6.92 Å². The molecule has 1 atom stereocenters. The van der Waals surface area contributed by atoms with Crippen molar-refractivity contribution in [3.63, 3.8) is 0 Å². The predicted molar refractivity (Wildman–Crippen MR) is 50.7 cm³/mol. The van der Waals surface area contributed by atoms with Crippen molar-refractivity contribution in [2.45, 2.75) is 50.8 Å². The van der Waals surface area contributed by atoms with Crippen molar-refractivity contribution in [3.8, 4) is 0 Å². The fourth-order valence-electron chi connectivity index (χ4n) is 1.08. The summed E-state index contributed by atoms with van der Waals surface area (Å²) in [5.41, 5.74) is 0. The van der Waals surface area contributed by atoms with Gasteiger partial charge in [-0.2, -0.15) is 0 Å². The Hall–Kier alpha value is -0.240.